The van der Waals surface area contributed by atoms with Crippen LogP contribution in [0.15, 0.2) is 42.6 Å². The minimum atomic E-state index is -4.56. The maximum absolute atomic E-state index is 14.1. The number of alkyl halides is 3. The first kappa shape index (κ1) is 20.7. The second-order valence-electron chi connectivity index (χ2n) is 6.81. The maximum Gasteiger partial charge on any atom is 0.418 e. The lowest BCUT2D eigenvalue weighted by molar-refractivity contribution is -0.136. The number of rotatable bonds is 6. The molecule has 0 radical (unpaired) electrons. The molecule has 1 heterocycles. The Bertz CT molecular complexity index is 954. The van der Waals surface area contributed by atoms with Gasteiger partial charge in [0.05, 0.1) is 16.8 Å². The van der Waals surface area contributed by atoms with Gasteiger partial charge in [-0.25, -0.2) is 4.39 Å². The van der Waals surface area contributed by atoms with Crippen molar-refractivity contribution in [3.63, 3.8) is 0 Å². The van der Waals surface area contributed by atoms with Gasteiger partial charge in [0.1, 0.15) is 5.82 Å². The average molecular weight is 408 g/mol. The number of nitrogens with one attached hydrogen (secondary N) is 3. The summed E-state index contributed by atoms with van der Waals surface area (Å²) in [6.45, 7) is 0.923. The summed E-state index contributed by atoms with van der Waals surface area (Å²) in [5.74, 6) is -1.12. The highest BCUT2D eigenvalue weighted by Crippen LogP contribution is 2.37. The number of fused-ring (bicyclic) bond motifs is 1. The Morgan fingerprint density at radius 2 is 1.93 bits per heavy atom. The van der Waals surface area contributed by atoms with Crippen molar-refractivity contribution in [2.24, 2.45) is 0 Å². The van der Waals surface area contributed by atoms with Crippen molar-refractivity contribution in [2.45, 2.75) is 6.18 Å². The molecule has 29 heavy (non-hydrogen) atoms. The molecule has 3 rings (SSSR count). The predicted octanol–water partition coefficient (Wildman–Crippen LogP) is 4.22. The molecule has 0 saturated carbocycles. The molecule has 5 nitrogen and oxygen atoms in total. The normalized spacial score (nSPS) is 14.9. The number of carbonyl (C=O) groups excluding carboxylic acids is 1. The van der Waals surface area contributed by atoms with Crippen LogP contribution in [0.4, 0.5) is 34.6 Å². The summed E-state index contributed by atoms with van der Waals surface area (Å²) < 4.78 is 54.4. The van der Waals surface area contributed by atoms with Crippen LogP contribution in [0.1, 0.15) is 11.1 Å². The van der Waals surface area contributed by atoms with Gasteiger partial charge >= 0.3 is 6.18 Å². The lowest BCUT2D eigenvalue weighted by Gasteiger charge is -2.17. The van der Waals surface area contributed by atoms with Crippen LogP contribution < -0.4 is 16.0 Å². The van der Waals surface area contributed by atoms with E-state index in [0.717, 1.165) is 6.07 Å². The number of anilines is 3. The van der Waals surface area contributed by atoms with E-state index in [9.17, 15) is 22.4 Å². The van der Waals surface area contributed by atoms with Crippen molar-refractivity contribution in [1.29, 1.82) is 0 Å². The largest absolute Gasteiger partial charge is 0.418 e. The molecule has 2 aromatic rings. The highest BCUT2D eigenvalue weighted by molar-refractivity contribution is 6.31. The van der Waals surface area contributed by atoms with Crippen LogP contribution in [0.2, 0.25) is 0 Å². The van der Waals surface area contributed by atoms with Crippen molar-refractivity contribution < 1.29 is 22.4 Å². The summed E-state index contributed by atoms with van der Waals surface area (Å²) >= 11 is 0. The standard InChI is InChI=1S/C20H20F4N4O/c1-28(2)9-8-25-16-7-6-12(10-14(16)20(22,23)24)26-11-13-18-15(21)4-3-5-17(18)27-19(13)29/h3-7,10-11,25-26H,8-9H2,1-2H3,(H,27,29). The second-order valence-corrected chi connectivity index (χ2v) is 6.81. The fourth-order valence-corrected chi connectivity index (χ4v) is 2.94. The van der Waals surface area contributed by atoms with Gasteiger partial charge < -0.3 is 20.9 Å². The summed E-state index contributed by atoms with van der Waals surface area (Å²) in [6.07, 6.45) is -3.35. The first-order valence-corrected chi connectivity index (χ1v) is 8.83. The van der Waals surface area contributed by atoms with Crippen molar-refractivity contribution in [2.75, 3.05) is 43.1 Å². The monoisotopic (exact) mass is 408 g/mol. The Hall–Kier alpha value is -3.07. The molecule has 1 aliphatic rings. The van der Waals surface area contributed by atoms with Crippen molar-refractivity contribution >= 4 is 28.5 Å². The Labute approximate surface area is 165 Å². The minimum Gasteiger partial charge on any atom is -0.383 e. The van der Waals surface area contributed by atoms with Crippen LogP contribution in [-0.2, 0) is 11.0 Å². The highest BCUT2D eigenvalue weighted by Gasteiger charge is 2.34. The molecular weight excluding hydrogens is 388 g/mol. The first-order valence-electron chi connectivity index (χ1n) is 8.83. The van der Waals surface area contributed by atoms with Gasteiger partial charge in [-0.3, -0.25) is 4.79 Å². The molecule has 0 aromatic heterocycles. The number of amides is 1. The number of nitrogens with zero attached hydrogens (tertiary/aromatic N) is 1. The van der Waals surface area contributed by atoms with Gasteiger partial charge in [0.2, 0.25) is 0 Å². The molecular formula is C20H20F4N4O. The molecule has 0 aliphatic carbocycles. The van der Waals surface area contributed by atoms with Gasteiger partial charge in [-0.15, -0.1) is 0 Å². The van der Waals surface area contributed by atoms with Crippen LogP contribution in [-0.4, -0.2) is 38.0 Å². The number of likely N-dealkylation sites (N-methyl/N-ethyl adjacent to an activating group) is 1. The number of carbonyl (C=O) groups is 1. The van der Waals surface area contributed by atoms with Crippen molar-refractivity contribution in [3.8, 4) is 0 Å². The molecule has 0 bridgehead atoms. The number of hydrogen-bond donors (Lipinski definition) is 3. The van der Waals surface area contributed by atoms with Gasteiger partial charge in [0.15, 0.2) is 0 Å². The zero-order valence-corrected chi connectivity index (χ0v) is 15.8. The van der Waals surface area contributed by atoms with Gasteiger partial charge in [0.25, 0.3) is 5.91 Å². The van der Waals surface area contributed by atoms with E-state index in [1.165, 1.54) is 30.5 Å². The van der Waals surface area contributed by atoms with E-state index in [1.807, 2.05) is 19.0 Å². The molecule has 3 N–H and O–H groups in total. The van der Waals surface area contributed by atoms with E-state index >= 15 is 0 Å². The van der Waals surface area contributed by atoms with Crippen LogP contribution in [0, 0.1) is 5.82 Å². The predicted molar refractivity (Wildman–Crippen MR) is 105 cm³/mol. The fraction of sp³-hybridized carbons (Fsp3) is 0.250. The molecule has 2 aromatic carbocycles. The molecule has 1 aliphatic heterocycles. The lowest BCUT2D eigenvalue weighted by atomic mass is 10.1. The molecule has 154 valence electrons. The summed E-state index contributed by atoms with van der Waals surface area (Å²) in [6, 6.07) is 7.95. The molecule has 1 amide bonds. The SMILES string of the molecule is CN(C)CCNc1ccc(NC=C2C(=O)Nc3cccc(F)c32)cc1C(F)(F)F. The summed E-state index contributed by atoms with van der Waals surface area (Å²) in [7, 11) is 3.65. The molecule has 9 heteroatoms. The molecule has 0 spiro atoms. The Morgan fingerprint density at radius 3 is 2.62 bits per heavy atom. The first-order chi connectivity index (χ1) is 13.7. The third-order valence-corrected chi connectivity index (χ3v) is 4.36. The lowest BCUT2D eigenvalue weighted by Crippen LogP contribution is -2.22. The fourth-order valence-electron chi connectivity index (χ4n) is 2.94. The highest BCUT2D eigenvalue weighted by atomic mass is 19.4. The van der Waals surface area contributed by atoms with E-state index in [2.05, 4.69) is 16.0 Å². The Balaban J connectivity index is 1.85. The average Bonchev–Trinajstić information content (AvgIpc) is 2.96. The van der Waals surface area contributed by atoms with Crippen LogP contribution >= 0.6 is 0 Å². The molecule has 0 unspecified atom stereocenters. The summed E-state index contributed by atoms with van der Waals surface area (Å²) in [4.78, 5) is 13.9. The van der Waals surface area contributed by atoms with Crippen LogP contribution in [0.3, 0.4) is 0 Å². The zero-order valence-electron chi connectivity index (χ0n) is 15.8. The van der Waals surface area contributed by atoms with Crippen molar-refractivity contribution in [1.82, 2.24) is 4.90 Å². The zero-order chi connectivity index (χ0) is 21.2. The number of halogens is 4. The quantitative estimate of drug-likeness (QED) is 0.495. The third kappa shape index (κ3) is 4.68. The van der Waals surface area contributed by atoms with Gasteiger partial charge in [-0.05, 0) is 44.4 Å². The topological polar surface area (TPSA) is 56.4 Å². The minimum absolute atomic E-state index is 0.0137. The van der Waals surface area contributed by atoms with E-state index in [0.29, 0.717) is 18.8 Å². The van der Waals surface area contributed by atoms with E-state index < -0.39 is 23.5 Å². The smallest absolute Gasteiger partial charge is 0.383 e. The molecule has 0 atom stereocenters. The Kier molecular flexibility index (Phi) is 5.78. The number of benzene rings is 2. The maximum atomic E-state index is 14.1. The Morgan fingerprint density at radius 1 is 1.17 bits per heavy atom. The third-order valence-electron chi connectivity index (χ3n) is 4.36. The van der Waals surface area contributed by atoms with E-state index in [4.69, 9.17) is 0 Å². The van der Waals surface area contributed by atoms with Crippen molar-refractivity contribution in [3.05, 3.63) is 59.5 Å². The molecule has 0 saturated heterocycles. The van der Waals surface area contributed by atoms with Gasteiger partial charge in [-0.2, -0.15) is 13.2 Å². The number of hydrogen-bond acceptors (Lipinski definition) is 4. The van der Waals surface area contributed by atoms with E-state index in [-0.39, 0.29) is 22.5 Å². The summed E-state index contributed by atoms with van der Waals surface area (Å²) in [5, 5.41) is 7.98. The van der Waals surface area contributed by atoms with Gasteiger partial charge in [0, 0.05) is 36.2 Å². The van der Waals surface area contributed by atoms with Crippen LogP contribution in [0.5, 0.6) is 0 Å². The van der Waals surface area contributed by atoms with E-state index in [1.54, 1.807) is 6.07 Å². The molecule has 0 fully saturated rings. The second kappa shape index (κ2) is 8.12. The van der Waals surface area contributed by atoms with Crippen LogP contribution in [0.25, 0.3) is 5.57 Å². The summed E-state index contributed by atoms with van der Waals surface area (Å²) in [5.41, 5.74) is -0.322. The van der Waals surface area contributed by atoms with Gasteiger partial charge in [-0.1, -0.05) is 6.07 Å².